The van der Waals surface area contributed by atoms with Gasteiger partial charge < -0.3 is 19.2 Å². The van der Waals surface area contributed by atoms with Crippen LogP contribution in [0.15, 0.2) is 11.0 Å². The van der Waals surface area contributed by atoms with Crippen molar-refractivity contribution in [1.29, 1.82) is 0 Å². The largest absolute Gasteiger partial charge is 0.462 e. The van der Waals surface area contributed by atoms with Crippen LogP contribution in [0.25, 0.3) is 10.9 Å². The molecule has 0 unspecified atom stereocenters. The molecule has 3 rings (SSSR count). The molecule has 0 saturated carbocycles. The summed E-state index contributed by atoms with van der Waals surface area (Å²) < 4.78 is 62.6. The van der Waals surface area contributed by atoms with Crippen LogP contribution in [0.4, 0.5) is 13.2 Å². The van der Waals surface area contributed by atoms with Gasteiger partial charge in [-0.3, -0.25) is 19.1 Å². The lowest BCUT2D eigenvalue weighted by Crippen LogP contribution is -2.60. The average molecular weight is 527 g/mol. The number of pyridine rings is 1. The first-order valence-electron chi connectivity index (χ1n) is 11.5. The molecule has 0 fully saturated rings. The number of benzene rings is 1. The number of carbonyl (C=O) groups is 3. The van der Waals surface area contributed by atoms with E-state index in [-0.39, 0.29) is 6.61 Å². The number of likely N-dealkylation sites (N-methyl/N-ethyl adjacent to an activating group) is 1. The summed E-state index contributed by atoms with van der Waals surface area (Å²) in [5.74, 6) is -9.56. The number of nitrogens with zero attached hydrogens (tertiary/aromatic N) is 2. The second-order valence-electron chi connectivity index (χ2n) is 10.7. The predicted molar refractivity (Wildman–Crippen MR) is 126 cm³/mol. The highest BCUT2D eigenvalue weighted by Crippen LogP contribution is 2.42. The lowest BCUT2D eigenvalue weighted by atomic mass is 9.76. The highest BCUT2D eigenvalue weighted by Gasteiger charge is 2.59. The molecule has 0 amide bonds. The van der Waals surface area contributed by atoms with Crippen molar-refractivity contribution in [2.24, 2.45) is 0 Å². The first kappa shape index (κ1) is 28.0. The van der Waals surface area contributed by atoms with Crippen LogP contribution in [0.2, 0.25) is 0 Å². The van der Waals surface area contributed by atoms with Crippen LogP contribution in [0.3, 0.4) is 0 Å². The van der Waals surface area contributed by atoms with Gasteiger partial charge in [-0.15, -0.1) is 0 Å². The van der Waals surface area contributed by atoms with Gasteiger partial charge in [0.25, 0.3) is 0 Å². The molecular formula is C25H29F3N2O7. The minimum absolute atomic E-state index is 0.113. The van der Waals surface area contributed by atoms with Gasteiger partial charge in [-0.2, -0.15) is 0 Å². The molecule has 1 aliphatic rings. The van der Waals surface area contributed by atoms with E-state index in [1.807, 2.05) is 0 Å². The maximum Gasteiger partial charge on any atom is 0.343 e. The highest BCUT2D eigenvalue weighted by atomic mass is 19.2. The van der Waals surface area contributed by atoms with Gasteiger partial charge in [0.15, 0.2) is 17.5 Å². The Kier molecular flexibility index (Phi) is 6.87. The van der Waals surface area contributed by atoms with E-state index < -0.39 is 86.0 Å². The van der Waals surface area contributed by atoms with Crippen molar-refractivity contribution in [3.63, 3.8) is 0 Å². The summed E-state index contributed by atoms with van der Waals surface area (Å²) in [7, 11) is 1.34. The second-order valence-corrected chi connectivity index (χ2v) is 10.7. The molecule has 0 bridgehead atoms. The molecule has 0 saturated heterocycles. The smallest absolute Gasteiger partial charge is 0.343 e. The number of rotatable bonds is 4. The summed E-state index contributed by atoms with van der Waals surface area (Å²) in [6.45, 7) is 9.72. The molecule has 202 valence electrons. The van der Waals surface area contributed by atoms with E-state index in [1.54, 1.807) is 0 Å². The number of hydrogen-bond acceptors (Lipinski definition) is 8. The fourth-order valence-corrected chi connectivity index (χ4v) is 4.12. The Balaban J connectivity index is 2.57. The van der Waals surface area contributed by atoms with Crippen LogP contribution in [-0.4, -0.2) is 54.0 Å². The van der Waals surface area contributed by atoms with E-state index in [0.29, 0.717) is 0 Å². The summed E-state index contributed by atoms with van der Waals surface area (Å²) in [5.41, 5.74) is -8.54. The summed E-state index contributed by atoms with van der Waals surface area (Å²) in [5, 5.41) is 0.129. The van der Waals surface area contributed by atoms with Crippen molar-refractivity contribution in [3.8, 4) is 0 Å². The Bertz CT molecular complexity index is 1340. The van der Waals surface area contributed by atoms with E-state index in [1.165, 1.54) is 60.5 Å². The Labute approximate surface area is 211 Å². The predicted octanol–water partition coefficient (Wildman–Crippen LogP) is 3.10. The molecule has 0 spiro atoms. The van der Waals surface area contributed by atoms with Crippen molar-refractivity contribution in [1.82, 2.24) is 4.68 Å². The number of hydrogen-bond donors (Lipinski definition) is 0. The summed E-state index contributed by atoms with van der Waals surface area (Å²) in [6, 6.07) is 0. The van der Waals surface area contributed by atoms with Crippen molar-refractivity contribution in [3.05, 3.63) is 45.0 Å². The minimum atomic E-state index is -2.66. The van der Waals surface area contributed by atoms with Gasteiger partial charge in [0, 0.05) is 18.8 Å². The Morgan fingerprint density at radius 3 is 1.92 bits per heavy atom. The van der Waals surface area contributed by atoms with Gasteiger partial charge >= 0.3 is 17.9 Å². The number of ether oxygens (including phenoxy) is 3. The number of carbonyl (C=O) groups excluding carboxylic acids is 3. The Hall–Kier alpha value is -3.57. The fraction of sp³-hybridized carbons (Fsp3) is 0.520. The molecule has 1 aromatic heterocycles. The molecule has 37 heavy (non-hydrogen) atoms. The third-order valence-electron chi connectivity index (χ3n) is 5.50. The van der Waals surface area contributed by atoms with E-state index in [4.69, 9.17) is 14.2 Å². The third kappa shape index (κ3) is 4.64. The zero-order valence-corrected chi connectivity index (χ0v) is 21.9. The molecule has 0 radical (unpaired) electrons. The minimum Gasteiger partial charge on any atom is -0.462 e. The first-order chi connectivity index (χ1) is 16.9. The first-order valence-corrected chi connectivity index (χ1v) is 11.5. The second kappa shape index (κ2) is 9.07. The van der Waals surface area contributed by atoms with Crippen LogP contribution >= 0.6 is 0 Å². The molecule has 2 aromatic rings. The van der Waals surface area contributed by atoms with Crippen LogP contribution in [0, 0.1) is 17.5 Å². The topological polar surface area (TPSA) is 104 Å². The standard InChI is InChI=1S/C25H29F3N2O7/c1-9-35-20(32)12-10-30-18-13(19(12)31)15(26)17(28)16(27)14(18)25(11-29(30)8,21(33)36-23(2,3)4)22(34)37-24(5,6)7/h10H,9,11H2,1-8H3. The van der Waals surface area contributed by atoms with Gasteiger partial charge in [-0.1, -0.05) is 0 Å². The lowest BCUT2D eigenvalue weighted by Gasteiger charge is -2.42. The molecule has 0 N–H and O–H groups in total. The number of aromatic nitrogens is 1. The summed E-state index contributed by atoms with van der Waals surface area (Å²) in [4.78, 5) is 52.9. The van der Waals surface area contributed by atoms with Gasteiger partial charge in [0.2, 0.25) is 10.8 Å². The van der Waals surface area contributed by atoms with Crippen molar-refractivity contribution in [2.75, 3.05) is 25.2 Å². The number of halogens is 3. The summed E-state index contributed by atoms with van der Waals surface area (Å²) in [6.07, 6.45) is 0.955. The molecule has 0 atom stereocenters. The van der Waals surface area contributed by atoms with Crippen molar-refractivity contribution in [2.45, 2.75) is 65.1 Å². The van der Waals surface area contributed by atoms with Crippen LogP contribution < -0.4 is 10.4 Å². The van der Waals surface area contributed by atoms with Crippen LogP contribution in [0.1, 0.15) is 64.4 Å². The van der Waals surface area contributed by atoms with E-state index in [9.17, 15) is 19.2 Å². The Morgan fingerprint density at radius 1 is 0.946 bits per heavy atom. The van der Waals surface area contributed by atoms with Crippen molar-refractivity contribution >= 4 is 28.8 Å². The highest BCUT2D eigenvalue weighted by molar-refractivity contribution is 6.11. The summed E-state index contributed by atoms with van der Waals surface area (Å²) >= 11 is 0. The van der Waals surface area contributed by atoms with E-state index in [2.05, 4.69) is 0 Å². The Morgan fingerprint density at radius 2 is 1.46 bits per heavy atom. The maximum absolute atomic E-state index is 15.7. The van der Waals surface area contributed by atoms with Gasteiger partial charge in [-0.05, 0) is 48.5 Å². The van der Waals surface area contributed by atoms with Gasteiger partial charge in [0.1, 0.15) is 16.8 Å². The molecule has 12 heteroatoms. The monoisotopic (exact) mass is 526 g/mol. The van der Waals surface area contributed by atoms with Crippen LogP contribution in [0.5, 0.6) is 0 Å². The average Bonchev–Trinajstić information content (AvgIpc) is 2.74. The lowest BCUT2D eigenvalue weighted by molar-refractivity contribution is -0.177. The quantitative estimate of drug-likeness (QED) is 0.259. The molecule has 1 aromatic carbocycles. The fourth-order valence-electron chi connectivity index (χ4n) is 4.12. The molecule has 0 aliphatic carbocycles. The van der Waals surface area contributed by atoms with Gasteiger partial charge in [0.05, 0.1) is 24.1 Å². The van der Waals surface area contributed by atoms with E-state index >= 15 is 13.2 Å². The zero-order chi connectivity index (χ0) is 28.2. The van der Waals surface area contributed by atoms with E-state index in [0.717, 1.165) is 10.9 Å². The van der Waals surface area contributed by atoms with Crippen molar-refractivity contribution < 1.29 is 41.8 Å². The molecule has 1 aliphatic heterocycles. The van der Waals surface area contributed by atoms with Crippen LogP contribution in [-0.2, 0) is 29.2 Å². The normalized spacial score (nSPS) is 14.9. The molecule has 2 heterocycles. The number of esters is 3. The third-order valence-corrected chi connectivity index (χ3v) is 5.50. The molecule has 9 nitrogen and oxygen atoms in total. The zero-order valence-electron chi connectivity index (χ0n) is 21.9. The maximum atomic E-state index is 15.7. The van der Waals surface area contributed by atoms with Gasteiger partial charge in [-0.25, -0.2) is 18.0 Å². The SMILES string of the molecule is CCOC(=O)c1cn2c3c(c(F)c(F)c(F)c3c1=O)C(C(=O)OC(C)(C)C)(C(=O)OC(C)(C)C)CN2C. The molecular weight excluding hydrogens is 497 g/mol.